The molecule has 3 aromatic carbocycles. The van der Waals surface area contributed by atoms with Gasteiger partial charge in [0.05, 0.1) is 17.6 Å². The molecule has 198 valence electrons. The fraction of sp³-hybridized carbons (Fsp3) is 0.200. The van der Waals surface area contributed by atoms with Gasteiger partial charge in [-0.15, -0.1) is 11.3 Å². The largest absolute Gasteiger partial charge is 0.493 e. The van der Waals surface area contributed by atoms with Gasteiger partial charge in [0.15, 0.2) is 11.5 Å². The Morgan fingerprint density at radius 3 is 2.56 bits per heavy atom. The van der Waals surface area contributed by atoms with Crippen LogP contribution in [0.4, 0.5) is 16.4 Å². The highest BCUT2D eigenvalue weighted by molar-refractivity contribution is 7.16. The monoisotopic (exact) mass is 541 g/mol. The molecule has 1 N–H and O–H groups in total. The van der Waals surface area contributed by atoms with E-state index in [2.05, 4.69) is 5.32 Å². The van der Waals surface area contributed by atoms with Gasteiger partial charge in [-0.2, -0.15) is 0 Å². The van der Waals surface area contributed by atoms with Gasteiger partial charge < -0.3 is 14.8 Å². The van der Waals surface area contributed by atoms with Crippen molar-refractivity contribution in [1.29, 1.82) is 0 Å². The maximum absolute atomic E-state index is 13.3. The van der Waals surface area contributed by atoms with Crippen LogP contribution in [0.2, 0.25) is 0 Å². The van der Waals surface area contributed by atoms with Crippen LogP contribution >= 0.6 is 11.3 Å². The van der Waals surface area contributed by atoms with Crippen LogP contribution in [0.1, 0.15) is 44.8 Å². The molecular formula is C30H27N3O5S. The van der Waals surface area contributed by atoms with Crippen molar-refractivity contribution < 1.29 is 19.2 Å². The van der Waals surface area contributed by atoms with Gasteiger partial charge in [0.2, 0.25) is 0 Å². The Morgan fingerprint density at radius 1 is 1.05 bits per heavy atom. The fourth-order valence-electron chi connectivity index (χ4n) is 4.48. The van der Waals surface area contributed by atoms with Crippen LogP contribution in [0.15, 0.2) is 77.8 Å². The number of nitrogens with one attached hydrogen (secondary N) is 1. The maximum Gasteiger partial charge on any atom is 0.269 e. The quantitative estimate of drug-likeness (QED) is 0.138. The summed E-state index contributed by atoms with van der Waals surface area (Å²) in [5, 5.41) is 14.6. The molecule has 0 atom stereocenters. The number of amides is 1. The lowest BCUT2D eigenvalue weighted by atomic mass is 9.95. The number of non-ortho nitro benzene ring substituents is 1. The molecule has 0 spiro atoms. The lowest BCUT2D eigenvalue weighted by molar-refractivity contribution is -0.384. The molecule has 1 aliphatic rings. The first-order valence-corrected chi connectivity index (χ1v) is 13.4. The molecule has 0 fully saturated rings. The van der Waals surface area contributed by atoms with Gasteiger partial charge in [0, 0.05) is 28.9 Å². The predicted molar refractivity (Wildman–Crippen MR) is 153 cm³/mol. The van der Waals surface area contributed by atoms with Crippen LogP contribution in [0, 0.1) is 10.1 Å². The lowest BCUT2D eigenvalue weighted by Gasteiger charge is -2.13. The molecule has 4 aromatic rings. The Bertz CT molecular complexity index is 1510. The topological polar surface area (TPSA) is 103 Å². The minimum Gasteiger partial charge on any atom is -0.493 e. The van der Waals surface area contributed by atoms with Gasteiger partial charge in [0.25, 0.3) is 11.6 Å². The van der Waals surface area contributed by atoms with Crippen molar-refractivity contribution in [2.24, 2.45) is 4.99 Å². The normalized spacial score (nSPS) is 12.6. The maximum atomic E-state index is 13.3. The van der Waals surface area contributed by atoms with Gasteiger partial charge in [0.1, 0.15) is 11.6 Å². The molecule has 8 nitrogen and oxygen atoms in total. The molecular weight excluding hydrogens is 514 g/mol. The number of nitro benzene ring substituents is 1. The van der Waals surface area contributed by atoms with Crippen molar-refractivity contribution in [3.8, 4) is 11.5 Å². The number of carbonyl (C=O) groups is 1. The highest BCUT2D eigenvalue weighted by atomic mass is 32.1. The van der Waals surface area contributed by atoms with E-state index in [0.29, 0.717) is 22.1 Å². The third-order valence-electron chi connectivity index (χ3n) is 6.47. The van der Waals surface area contributed by atoms with Crippen molar-refractivity contribution in [2.75, 3.05) is 12.4 Å². The molecule has 0 radical (unpaired) electrons. The van der Waals surface area contributed by atoms with Crippen LogP contribution in [-0.4, -0.2) is 24.2 Å². The SMILES string of the molecule is COc1cc(C=Nc2sc3c(c2C(=O)Nc2ccccc2)CCCC3)ccc1OCc1ccc([N+](=O)[O-])cc1. The Hall–Kier alpha value is -4.50. The number of methoxy groups -OCH3 is 1. The van der Waals surface area contributed by atoms with E-state index in [1.165, 1.54) is 17.0 Å². The molecule has 1 aliphatic carbocycles. The second kappa shape index (κ2) is 11.9. The molecule has 0 unspecified atom stereocenters. The number of nitrogens with zero attached hydrogens (tertiary/aromatic N) is 2. The average molecular weight is 542 g/mol. The summed E-state index contributed by atoms with van der Waals surface area (Å²) in [6.45, 7) is 0.239. The minimum absolute atomic E-state index is 0.0345. The summed E-state index contributed by atoms with van der Waals surface area (Å²) in [5.74, 6) is 0.941. The summed E-state index contributed by atoms with van der Waals surface area (Å²) >= 11 is 1.58. The number of aliphatic imine (C=N–C) groups is 1. The second-order valence-corrected chi connectivity index (χ2v) is 10.2. The molecule has 39 heavy (non-hydrogen) atoms. The van der Waals surface area contributed by atoms with Gasteiger partial charge in [-0.05, 0) is 84.8 Å². The van der Waals surface area contributed by atoms with E-state index >= 15 is 0 Å². The summed E-state index contributed by atoms with van der Waals surface area (Å²) in [6.07, 6.45) is 5.77. The number of anilines is 1. The first-order chi connectivity index (χ1) is 19.0. The molecule has 0 saturated carbocycles. The number of rotatable bonds is 9. The van der Waals surface area contributed by atoms with E-state index < -0.39 is 4.92 Å². The first-order valence-electron chi connectivity index (χ1n) is 12.6. The number of thiophene rings is 1. The zero-order valence-corrected chi connectivity index (χ0v) is 22.2. The Labute approximate surface area is 230 Å². The number of para-hydroxylation sites is 1. The smallest absolute Gasteiger partial charge is 0.269 e. The Kier molecular flexibility index (Phi) is 7.98. The molecule has 1 aromatic heterocycles. The standard InChI is InChI=1S/C30H27N3O5S/c1-37-26-17-21(13-16-25(26)38-19-20-11-14-23(15-12-20)33(35)36)18-31-30-28(24-9-5-6-10-27(24)39-30)29(34)32-22-7-3-2-4-8-22/h2-4,7-8,11-18H,5-6,9-10,19H2,1H3,(H,32,34). The number of carbonyl (C=O) groups excluding carboxylic acids is 1. The van der Waals surface area contributed by atoms with Crippen LogP contribution in [0.25, 0.3) is 0 Å². The number of fused-ring (bicyclic) bond motifs is 1. The van der Waals surface area contributed by atoms with Crippen molar-refractivity contribution in [3.63, 3.8) is 0 Å². The first kappa shape index (κ1) is 26.1. The number of aryl methyl sites for hydroxylation is 1. The third-order valence-corrected chi connectivity index (χ3v) is 7.67. The number of hydrogen-bond donors (Lipinski definition) is 1. The van der Waals surface area contributed by atoms with Crippen molar-refractivity contribution in [2.45, 2.75) is 32.3 Å². The van der Waals surface area contributed by atoms with E-state index in [1.54, 1.807) is 42.9 Å². The number of ether oxygens (including phenoxy) is 2. The van der Waals surface area contributed by atoms with Crippen LogP contribution in [-0.2, 0) is 19.4 Å². The summed E-state index contributed by atoms with van der Waals surface area (Å²) < 4.78 is 11.4. The van der Waals surface area contributed by atoms with E-state index in [4.69, 9.17) is 14.5 Å². The van der Waals surface area contributed by atoms with Gasteiger partial charge in [-0.1, -0.05) is 18.2 Å². The van der Waals surface area contributed by atoms with Crippen molar-refractivity contribution in [1.82, 2.24) is 0 Å². The Balaban J connectivity index is 1.34. The Morgan fingerprint density at radius 2 is 1.82 bits per heavy atom. The minimum atomic E-state index is -0.433. The molecule has 0 bridgehead atoms. The van der Waals surface area contributed by atoms with Crippen molar-refractivity contribution in [3.05, 3.63) is 110 Å². The summed E-state index contributed by atoms with van der Waals surface area (Å²) in [6, 6.07) is 21.2. The zero-order chi connectivity index (χ0) is 27.2. The van der Waals surface area contributed by atoms with Crippen molar-refractivity contribution >= 4 is 39.8 Å². The highest BCUT2D eigenvalue weighted by Gasteiger charge is 2.25. The summed E-state index contributed by atoms with van der Waals surface area (Å²) in [5.41, 5.74) is 4.16. The fourth-order valence-corrected chi connectivity index (χ4v) is 5.71. The van der Waals surface area contributed by atoms with E-state index in [9.17, 15) is 14.9 Å². The molecule has 1 amide bonds. The van der Waals surface area contributed by atoms with Crippen LogP contribution in [0.3, 0.4) is 0 Å². The zero-order valence-electron chi connectivity index (χ0n) is 21.4. The number of hydrogen-bond acceptors (Lipinski definition) is 7. The highest BCUT2D eigenvalue weighted by Crippen LogP contribution is 2.40. The molecule has 0 saturated heterocycles. The van der Waals surface area contributed by atoms with Gasteiger partial charge in [-0.3, -0.25) is 14.9 Å². The van der Waals surface area contributed by atoms with E-state index in [-0.39, 0.29) is 18.2 Å². The van der Waals surface area contributed by atoms with Crippen LogP contribution < -0.4 is 14.8 Å². The van der Waals surface area contributed by atoms with E-state index in [0.717, 1.165) is 48.1 Å². The third kappa shape index (κ3) is 6.15. The molecule has 1 heterocycles. The molecule has 9 heteroatoms. The molecule has 0 aliphatic heterocycles. The lowest BCUT2D eigenvalue weighted by Crippen LogP contribution is -2.14. The molecule has 5 rings (SSSR count). The van der Waals surface area contributed by atoms with Gasteiger partial charge >= 0.3 is 0 Å². The predicted octanol–water partition coefficient (Wildman–Crippen LogP) is 7.13. The van der Waals surface area contributed by atoms with Gasteiger partial charge in [-0.25, -0.2) is 4.99 Å². The number of nitro groups is 1. The second-order valence-electron chi connectivity index (χ2n) is 9.09. The summed E-state index contributed by atoms with van der Waals surface area (Å²) in [7, 11) is 1.56. The average Bonchev–Trinajstić information content (AvgIpc) is 3.34. The van der Waals surface area contributed by atoms with E-state index in [1.807, 2.05) is 42.5 Å². The van der Waals surface area contributed by atoms with Crippen LogP contribution in [0.5, 0.6) is 11.5 Å². The summed E-state index contributed by atoms with van der Waals surface area (Å²) in [4.78, 5) is 29.7. The number of benzene rings is 3.